The number of fused-ring (bicyclic) bond motifs is 3. The first-order chi connectivity index (χ1) is 16.4. The van der Waals surface area contributed by atoms with Gasteiger partial charge in [0.05, 0.1) is 20.1 Å². The molecule has 0 radical (unpaired) electrons. The Morgan fingerprint density at radius 1 is 1.24 bits per heavy atom. The van der Waals surface area contributed by atoms with E-state index in [0.717, 1.165) is 43.5 Å². The lowest BCUT2D eigenvalue weighted by Crippen LogP contribution is -2.46. The van der Waals surface area contributed by atoms with Gasteiger partial charge in [-0.3, -0.25) is 9.69 Å². The molecule has 34 heavy (non-hydrogen) atoms. The van der Waals surface area contributed by atoms with Crippen molar-refractivity contribution in [3.05, 3.63) is 35.4 Å². The van der Waals surface area contributed by atoms with Gasteiger partial charge in [-0.1, -0.05) is 19.1 Å². The highest BCUT2D eigenvalue weighted by atomic mass is 16.6. The number of nitrogens with zero attached hydrogens (tertiary/aromatic N) is 1. The predicted molar refractivity (Wildman–Crippen MR) is 130 cm³/mol. The molecular formula is C28H39NO5. The van der Waals surface area contributed by atoms with E-state index in [-0.39, 0.29) is 42.0 Å². The number of aliphatic hydroxyl groups is 1. The highest BCUT2D eigenvalue weighted by Gasteiger charge is 2.55. The Kier molecular flexibility index (Phi) is 6.40. The molecule has 6 heteroatoms. The second kappa shape index (κ2) is 9.19. The summed E-state index contributed by atoms with van der Waals surface area (Å²) in [5.41, 5.74) is 3.98. The number of rotatable bonds is 6. The third-order valence-corrected chi connectivity index (χ3v) is 9.27. The van der Waals surface area contributed by atoms with Crippen LogP contribution in [0.15, 0.2) is 24.3 Å². The lowest BCUT2D eigenvalue weighted by atomic mass is 9.55. The van der Waals surface area contributed by atoms with Crippen molar-refractivity contribution in [2.24, 2.45) is 23.2 Å². The van der Waals surface area contributed by atoms with Crippen molar-refractivity contribution in [1.82, 2.24) is 4.90 Å². The van der Waals surface area contributed by atoms with Gasteiger partial charge >= 0.3 is 5.97 Å². The van der Waals surface area contributed by atoms with Crippen LogP contribution in [-0.2, 0) is 16.0 Å². The fraction of sp³-hybridized carbons (Fsp3) is 0.679. The molecule has 2 saturated carbocycles. The van der Waals surface area contributed by atoms with Crippen LogP contribution in [0.4, 0.5) is 0 Å². The van der Waals surface area contributed by atoms with E-state index in [1.807, 2.05) is 0 Å². The second-order valence-corrected chi connectivity index (χ2v) is 11.1. The summed E-state index contributed by atoms with van der Waals surface area (Å²) >= 11 is 0. The molecule has 6 unspecified atom stereocenters. The molecule has 1 N–H and O–H groups in total. The Morgan fingerprint density at radius 2 is 2.00 bits per heavy atom. The first-order valence-corrected chi connectivity index (χ1v) is 12.9. The number of carbonyl (C=O) groups excluding carboxylic acids is 1. The fourth-order valence-electron chi connectivity index (χ4n) is 7.48. The molecule has 0 spiro atoms. The SMILES string of the molecule is C=C1CCCC2(C)CC3OC(=O)C(CN4CCc5cc(OC)c(OC)cc5C4CCO)C3CC12. The van der Waals surface area contributed by atoms with Crippen molar-refractivity contribution >= 4 is 5.97 Å². The normalized spacial score (nSPS) is 35.2. The fourth-order valence-corrected chi connectivity index (χ4v) is 7.48. The van der Waals surface area contributed by atoms with E-state index in [4.69, 9.17) is 14.2 Å². The topological polar surface area (TPSA) is 68.2 Å². The third-order valence-electron chi connectivity index (χ3n) is 9.27. The zero-order valence-electron chi connectivity index (χ0n) is 20.8. The van der Waals surface area contributed by atoms with Crippen LogP contribution in [0.3, 0.4) is 0 Å². The maximum atomic E-state index is 13.1. The standard InChI is InChI=1S/C28H39NO5/c1-17-6-5-9-28(2)15-26-20(13-22(17)28)21(27(31)34-26)16-29-10-7-18-12-24(32-3)25(33-4)14-19(18)23(29)8-11-30/h12,14,20-23,26,30H,1,5-11,13,15-16H2,2-4H3. The van der Waals surface area contributed by atoms with Crippen LogP contribution in [-0.4, -0.2) is 56.0 Å². The van der Waals surface area contributed by atoms with Gasteiger partial charge in [0.25, 0.3) is 0 Å². The van der Waals surface area contributed by atoms with Gasteiger partial charge in [-0.2, -0.15) is 0 Å². The van der Waals surface area contributed by atoms with Crippen LogP contribution < -0.4 is 9.47 Å². The van der Waals surface area contributed by atoms with E-state index < -0.39 is 0 Å². The van der Waals surface area contributed by atoms with Crippen LogP contribution in [0.5, 0.6) is 11.5 Å². The maximum absolute atomic E-state index is 13.1. The Balaban J connectivity index is 1.39. The van der Waals surface area contributed by atoms with Crippen LogP contribution in [0, 0.1) is 23.2 Å². The molecule has 2 heterocycles. The number of allylic oxidation sites excluding steroid dienone is 1. The summed E-state index contributed by atoms with van der Waals surface area (Å²) in [6.45, 7) is 8.42. The van der Waals surface area contributed by atoms with Crippen LogP contribution in [0.2, 0.25) is 0 Å². The summed E-state index contributed by atoms with van der Waals surface area (Å²) in [5.74, 6) is 2.02. The quantitative estimate of drug-likeness (QED) is 0.495. The lowest BCUT2D eigenvalue weighted by Gasteiger charge is -2.50. The third kappa shape index (κ3) is 3.93. The molecule has 1 aromatic carbocycles. The van der Waals surface area contributed by atoms with Gasteiger partial charge in [0.15, 0.2) is 11.5 Å². The molecule has 0 bridgehead atoms. The minimum atomic E-state index is -0.118. The number of methoxy groups -OCH3 is 2. The molecule has 2 aliphatic heterocycles. The molecule has 5 rings (SSSR count). The summed E-state index contributed by atoms with van der Waals surface area (Å²) in [7, 11) is 3.30. The molecule has 6 nitrogen and oxygen atoms in total. The number of ether oxygens (including phenoxy) is 3. The summed E-state index contributed by atoms with van der Waals surface area (Å²) in [4.78, 5) is 15.5. The van der Waals surface area contributed by atoms with Crippen LogP contribution in [0.25, 0.3) is 0 Å². The number of benzene rings is 1. The molecule has 1 aromatic rings. The smallest absolute Gasteiger partial charge is 0.310 e. The van der Waals surface area contributed by atoms with Crippen molar-refractivity contribution in [3.8, 4) is 11.5 Å². The summed E-state index contributed by atoms with van der Waals surface area (Å²) < 4.78 is 17.1. The molecule has 0 aromatic heterocycles. The van der Waals surface area contributed by atoms with Gasteiger partial charge in [0, 0.05) is 31.7 Å². The minimum Gasteiger partial charge on any atom is -0.493 e. The van der Waals surface area contributed by atoms with E-state index >= 15 is 0 Å². The minimum absolute atomic E-state index is 0.0300. The summed E-state index contributed by atoms with van der Waals surface area (Å²) in [6.07, 6.45) is 7.02. The number of hydrogen-bond acceptors (Lipinski definition) is 6. The second-order valence-electron chi connectivity index (χ2n) is 11.1. The van der Waals surface area contributed by atoms with Gasteiger partial charge in [0.2, 0.25) is 0 Å². The molecule has 3 fully saturated rings. The Hall–Kier alpha value is -2.05. The van der Waals surface area contributed by atoms with Crippen LogP contribution in [0.1, 0.15) is 62.6 Å². The van der Waals surface area contributed by atoms with Gasteiger partial charge in [-0.15, -0.1) is 0 Å². The molecule has 1 saturated heterocycles. The monoisotopic (exact) mass is 469 g/mol. The number of hydrogen-bond donors (Lipinski definition) is 1. The van der Waals surface area contributed by atoms with Crippen LogP contribution >= 0.6 is 0 Å². The highest BCUT2D eigenvalue weighted by molar-refractivity contribution is 5.75. The molecular weight excluding hydrogens is 430 g/mol. The van der Waals surface area contributed by atoms with Crippen molar-refractivity contribution in [3.63, 3.8) is 0 Å². The van der Waals surface area contributed by atoms with E-state index in [2.05, 4.69) is 30.5 Å². The Bertz CT molecular complexity index is 960. The lowest BCUT2D eigenvalue weighted by molar-refractivity contribution is -0.146. The zero-order chi connectivity index (χ0) is 24.0. The van der Waals surface area contributed by atoms with Crippen molar-refractivity contribution in [1.29, 1.82) is 0 Å². The number of aliphatic hydroxyl groups excluding tert-OH is 1. The van der Waals surface area contributed by atoms with Gasteiger partial charge in [0.1, 0.15) is 6.10 Å². The molecule has 4 aliphatic rings. The Morgan fingerprint density at radius 3 is 2.74 bits per heavy atom. The first kappa shape index (κ1) is 23.7. The Labute approximate surface area is 203 Å². The van der Waals surface area contributed by atoms with Crippen molar-refractivity contribution in [2.45, 2.75) is 64.0 Å². The maximum Gasteiger partial charge on any atom is 0.310 e. The average Bonchev–Trinajstić information content (AvgIpc) is 3.11. The summed E-state index contributed by atoms with van der Waals surface area (Å²) in [5, 5.41) is 9.89. The number of carbonyl (C=O) groups is 1. The molecule has 2 aliphatic carbocycles. The summed E-state index contributed by atoms with van der Waals surface area (Å²) in [6, 6.07) is 4.15. The van der Waals surface area contributed by atoms with E-state index in [1.165, 1.54) is 24.0 Å². The van der Waals surface area contributed by atoms with E-state index in [0.29, 0.717) is 24.6 Å². The average molecular weight is 470 g/mol. The molecule has 6 atom stereocenters. The van der Waals surface area contributed by atoms with Gasteiger partial charge in [-0.25, -0.2) is 0 Å². The van der Waals surface area contributed by atoms with Gasteiger partial charge < -0.3 is 19.3 Å². The largest absolute Gasteiger partial charge is 0.493 e. The zero-order valence-corrected chi connectivity index (χ0v) is 20.8. The van der Waals surface area contributed by atoms with E-state index in [9.17, 15) is 9.90 Å². The first-order valence-electron chi connectivity index (χ1n) is 12.9. The van der Waals surface area contributed by atoms with Crippen molar-refractivity contribution < 1.29 is 24.1 Å². The molecule has 0 amide bonds. The van der Waals surface area contributed by atoms with Crippen molar-refractivity contribution in [2.75, 3.05) is 33.9 Å². The molecule has 186 valence electrons. The van der Waals surface area contributed by atoms with Gasteiger partial charge in [-0.05, 0) is 79.5 Å². The number of esters is 1. The predicted octanol–water partition coefficient (Wildman–Crippen LogP) is 4.30. The van der Waals surface area contributed by atoms with E-state index in [1.54, 1.807) is 14.2 Å². The highest BCUT2D eigenvalue weighted by Crippen LogP contribution is 2.57.